The third-order valence-corrected chi connectivity index (χ3v) is 3.19. The summed E-state index contributed by atoms with van der Waals surface area (Å²) in [6.07, 6.45) is 2.35. The van der Waals surface area contributed by atoms with E-state index in [9.17, 15) is 4.79 Å². The molecule has 2 N–H and O–H groups in total. The van der Waals surface area contributed by atoms with Crippen LogP contribution in [0.4, 0.5) is 11.6 Å². The Labute approximate surface area is 122 Å². The highest BCUT2D eigenvalue weighted by Gasteiger charge is 2.21. The summed E-state index contributed by atoms with van der Waals surface area (Å²) in [7, 11) is 1.53. The summed E-state index contributed by atoms with van der Waals surface area (Å²) in [6.45, 7) is 0. The van der Waals surface area contributed by atoms with Gasteiger partial charge in [-0.15, -0.1) is 10.2 Å². The molecule has 1 aliphatic carbocycles. The highest BCUT2D eigenvalue weighted by Crippen LogP contribution is 2.23. The van der Waals surface area contributed by atoms with Crippen LogP contribution in [0.2, 0.25) is 0 Å². The minimum atomic E-state index is -0.273. The van der Waals surface area contributed by atoms with Gasteiger partial charge >= 0.3 is 0 Å². The van der Waals surface area contributed by atoms with Gasteiger partial charge in [-0.1, -0.05) is 12.1 Å². The van der Waals surface area contributed by atoms with Crippen LogP contribution >= 0.6 is 0 Å². The van der Waals surface area contributed by atoms with Crippen molar-refractivity contribution in [2.24, 2.45) is 0 Å². The lowest BCUT2D eigenvalue weighted by molar-refractivity contribution is 0.102. The van der Waals surface area contributed by atoms with Gasteiger partial charge in [0.25, 0.3) is 5.91 Å². The van der Waals surface area contributed by atoms with E-state index in [0.717, 1.165) is 5.82 Å². The van der Waals surface area contributed by atoms with Gasteiger partial charge < -0.3 is 15.4 Å². The number of carbonyl (C=O) groups excluding carboxylic acids is 1. The van der Waals surface area contributed by atoms with Crippen LogP contribution in [0.5, 0.6) is 5.75 Å². The number of rotatable bonds is 5. The minimum Gasteiger partial charge on any atom is -0.496 e. The summed E-state index contributed by atoms with van der Waals surface area (Å²) in [6, 6.07) is 11.1. The number of anilines is 2. The first-order valence-corrected chi connectivity index (χ1v) is 6.81. The second-order valence-electron chi connectivity index (χ2n) is 4.88. The Morgan fingerprint density at radius 1 is 1.14 bits per heavy atom. The third kappa shape index (κ3) is 3.28. The van der Waals surface area contributed by atoms with Gasteiger partial charge in [0, 0.05) is 6.04 Å². The topological polar surface area (TPSA) is 76.1 Å². The molecule has 1 aromatic heterocycles. The molecule has 108 valence electrons. The lowest BCUT2D eigenvalue weighted by Gasteiger charge is -2.08. The van der Waals surface area contributed by atoms with E-state index in [4.69, 9.17) is 4.74 Å². The molecule has 1 heterocycles. The summed E-state index contributed by atoms with van der Waals surface area (Å²) < 4.78 is 5.17. The zero-order valence-electron chi connectivity index (χ0n) is 11.7. The fraction of sp³-hybridized carbons (Fsp3) is 0.267. The number of amides is 1. The molecule has 1 amide bonds. The number of benzene rings is 1. The summed E-state index contributed by atoms with van der Waals surface area (Å²) in [5.74, 6) is 1.39. The fourth-order valence-electron chi connectivity index (χ4n) is 1.93. The predicted molar refractivity (Wildman–Crippen MR) is 79.6 cm³/mol. The molecule has 6 nitrogen and oxygen atoms in total. The quantitative estimate of drug-likeness (QED) is 0.881. The van der Waals surface area contributed by atoms with E-state index in [1.54, 1.807) is 24.3 Å². The Hall–Kier alpha value is -2.63. The van der Waals surface area contributed by atoms with E-state index < -0.39 is 0 Å². The lowest BCUT2D eigenvalue weighted by atomic mass is 10.2. The van der Waals surface area contributed by atoms with Crippen LogP contribution in [0.25, 0.3) is 0 Å². The second-order valence-corrected chi connectivity index (χ2v) is 4.88. The van der Waals surface area contributed by atoms with Crippen molar-refractivity contribution in [3.8, 4) is 5.75 Å². The van der Waals surface area contributed by atoms with E-state index in [1.165, 1.54) is 20.0 Å². The second kappa shape index (κ2) is 5.78. The number of nitrogens with one attached hydrogen (secondary N) is 2. The first-order chi connectivity index (χ1) is 10.3. The van der Waals surface area contributed by atoms with Crippen LogP contribution in [0, 0.1) is 0 Å². The average molecular weight is 284 g/mol. The first-order valence-electron chi connectivity index (χ1n) is 6.81. The Kier molecular flexibility index (Phi) is 3.68. The molecule has 0 spiro atoms. The Morgan fingerprint density at radius 2 is 1.86 bits per heavy atom. The van der Waals surface area contributed by atoms with Gasteiger partial charge in [0.2, 0.25) is 0 Å². The minimum absolute atomic E-state index is 0.273. The molecule has 0 atom stereocenters. The van der Waals surface area contributed by atoms with Gasteiger partial charge in [-0.2, -0.15) is 0 Å². The van der Waals surface area contributed by atoms with Crippen LogP contribution in [-0.2, 0) is 0 Å². The molecule has 6 heteroatoms. The molecule has 1 saturated carbocycles. The molecule has 1 aromatic carbocycles. The Morgan fingerprint density at radius 3 is 2.52 bits per heavy atom. The van der Waals surface area contributed by atoms with Crippen LogP contribution in [0.15, 0.2) is 36.4 Å². The molecule has 1 aliphatic rings. The number of nitrogens with zero attached hydrogens (tertiary/aromatic N) is 2. The maximum Gasteiger partial charge on any atom is 0.260 e. The smallest absolute Gasteiger partial charge is 0.260 e. The monoisotopic (exact) mass is 284 g/mol. The van der Waals surface area contributed by atoms with Gasteiger partial charge in [0.15, 0.2) is 5.82 Å². The van der Waals surface area contributed by atoms with Gasteiger partial charge in [-0.3, -0.25) is 4.79 Å². The number of para-hydroxylation sites is 1. The van der Waals surface area contributed by atoms with Crippen molar-refractivity contribution in [3.05, 3.63) is 42.0 Å². The first kappa shape index (κ1) is 13.4. The van der Waals surface area contributed by atoms with Crippen LogP contribution < -0.4 is 15.4 Å². The van der Waals surface area contributed by atoms with Crippen LogP contribution in [0.1, 0.15) is 23.2 Å². The summed E-state index contributed by atoms with van der Waals surface area (Å²) >= 11 is 0. The molecule has 0 radical (unpaired) electrons. The van der Waals surface area contributed by atoms with E-state index in [0.29, 0.717) is 23.2 Å². The summed E-state index contributed by atoms with van der Waals surface area (Å²) in [5, 5.41) is 14.0. The highest BCUT2D eigenvalue weighted by atomic mass is 16.5. The van der Waals surface area contributed by atoms with E-state index in [1.807, 2.05) is 12.1 Å². The van der Waals surface area contributed by atoms with Crippen molar-refractivity contribution in [2.75, 3.05) is 17.7 Å². The molecule has 2 aromatic rings. The number of aromatic nitrogens is 2. The van der Waals surface area contributed by atoms with Gasteiger partial charge in [0.05, 0.1) is 12.7 Å². The Bertz CT molecular complexity index is 638. The van der Waals surface area contributed by atoms with Crippen molar-refractivity contribution >= 4 is 17.5 Å². The molecule has 0 aliphatic heterocycles. The standard InChI is InChI=1S/C15H16N4O2/c1-21-12-5-3-2-4-11(12)15(20)17-14-9-8-13(18-19-14)16-10-6-7-10/h2-5,8-10H,6-7H2,1H3,(H,16,18)(H,17,19,20). The van der Waals surface area contributed by atoms with Crippen molar-refractivity contribution in [3.63, 3.8) is 0 Å². The average Bonchev–Trinajstić information content (AvgIpc) is 3.33. The molecule has 21 heavy (non-hydrogen) atoms. The molecule has 0 unspecified atom stereocenters. The van der Waals surface area contributed by atoms with Crippen LogP contribution in [0.3, 0.4) is 0 Å². The summed E-state index contributed by atoms with van der Waals surface area (Å²) in [4.78, 5) is 12.2. The van der Waals surface area contributed by atoms with Gasteiger partial charge in [-0.25, -0.2) is 0 Å². The normalized spacial score (nSPS) is 13.6. The zero-order chi connectivity index (χ0) is 14.7. The molecule has 1 fully saturated rings. The number of ether oxygens (including phenoxy) is 1. The number of carbonyl (C=O) groups is 1. The summed E-state index contributed by atoms with van der Waals surface area (Å²) in [5.41, 5.74) is 0.460. The fourth-order valence-corrected chi connectivity index (χ4v) is 1.93. The highest BCUT2D eigenvalue weighted by molar-refractivity contribution is 6.05. The van der Waals surface area contributed by atoms with E-state index >= 15 is 0 Å². The lowest BCUT2D eigenvalue weighted by Crippen LogP contribution is -2.15. The molecule has 3 rings (SSSR count). The largest absolute Gasteiger partial charge is 0.496 e. The molecule has 0 saturated heterocycles. The maximum atomic E-state index is 12.2. The van der Waals surface area contributed by atoms with Crippen molar-refractivity contribution in [2.45, 2.75) is 18.9 Å². The van der Waals surface area contributed by atoms with Crippen LogP contribution in [-0.4, -0.2) is 29.3 Å². The van der Waals surface area contributed by atoms with Crippen molar-refractivity contribution in [1.29, 1.82) is 0 Å². The number of hydrogen-bond acceptors (Lipinski definition) is 5. The molecular formula is C15H16N4O2. The number of hydrogen-bond donors (Lipinski definition) is 2. The maximum absolute atomic E-state index is 12.2. The van der Waals surface area contributed by atoms with Gasteiger partial charge in [-0.05, 0) is 37.1 Å². The van der Waals surface area contributed by atoms with E-state index in [-0.39, 0.29) is 5.91 Å². The predicted octanol–water partition coefficient (Wildman–Crippen LogP) is 2.31. The zero-order valence-corrected chi connectivity index (χ0v) is 11.7. The van der Waals surface area contributed by atoms with Crippen molar-refractivity contribution < 1.29 is 9.53 Å². The third-order valence-electron chi connectivity index (χ3n) is 3.19. The van der Waals surface area contributed by atoms with Gasteiger partial charge in [0.1, 0.15) is 11.6 Å². The number of methoxy groups -OCH3 is 1. The Balaban J connectivity index is 1.68. The molecular weight excluding hydrogens is 268 g/mol. The molecule has 0 bridgehead atoms. The van der Waals surface area contributed by atoms with E-state index in [2.05, 4.69) is 20.8 Å². The SMILES string of the molecule is COc1ccccc1C(=O)Nc1ccc(NC2CC2)nn1. The van der Waals surface area contributed by atoms with Crippen molar-refractivity contribution in [1.82, 2.24) is 10.2 Å².